The Kier molecular flexibility index (Phi) is 4.37. The third-order valence-electron chi connectivity index (χ3n) is 3.16. The predicted octanol–water partition coefficient (Wildman–Crippen LogP) is 3.39. The molecular weight excluding hydrogens is 222 g/mol. The Bertz CT molecular complexity index is 481. The molecule has 2 nitrogen and oxygen atoms in total. The minimum Gasteiger partial charge on any atom is -0.392 e. The van der Waals surface area contributed by atoms with E-state index in [1.54, 1.807) is 0 Å². The Morgan fingerprint density at radius 1 is 1.00 bits per heavy atom. The number of aliphatic hydroxyl groups excluding tert-OH is 1. The van der Waals surface area contributed by atoms with Gasteiger partial charge in [-0.1, -0.05) is 55.5 Å². The molecule has 0 spiro atoms. The van der Waals surface area contributed by atoms with Crippen LogP contribution in [0.4, 0.5) is 5.69 Å². The van der Waals surface area contributed by atoms with Gasteiger partial charge in [0.15, 0.2) is 0 Å². The Morgan fingerprint density at radius 3 is 2.39 bits per heavy atom. The second kappa shape index (κ2) is 6.22. The van der Waals surface area contributed by atoms with Crippen LogP contribution < -0.4 is 5.32 Å². The lowest BCUT2D eigenvalue weighted by Gasteiger charge is -2.15. The highest BCUT2D eigenvalue weighted by molar-refractivity contribution is 5.51. The number of hydrogen-bond donors (Lipinski definition) is 2. The van der Waals surface area contributed by atoms with Crippen LogP contribution in [0.5, 0.6) is 0 Å². The molecule has 0 aliphatic carbocycles. The summed E-state index contributed by atoms with van der Waals surface area (Å²) in [5.41, 5.74) is 3.28. The van der Waals surface area contributed by atoms with E-state index in [0.29, 0.717) is 5.92 Å². The second-order valence-corrected chi connectivity index (χ2v) is 4.51. The fourth-order valence-corrected chi connectivity index (χ4v) is 1.99. The predicted molar refractivity (Wildman–Crippen MR) is 75.7 cm³/mol. The van der Waals surface area contributed by atoms with E-state index in [0.717, 1.165) is 17.8 Å². The average molecular weight is 241 g/mol. The summed E-state index contributed by atoms with van der Waals surface area (Å²) in [5.74, 6) is 0.443. The molecule has 2 N–H and O–H groups in total. The molecule has 0 saturated heterocycles. The van der Waals surface area contributed by atoms with Crippen LogP contribution in [-0.4, -0.2) is 11.7 Å². The largest absolute Gasteiger partial charge is 0.392 e. The van der Waals surface area contributed by atoms with Gasteiger partial charge in [-0.2, -0.15) is 0 Å². The van der Waals surface area contributed by atoms with E-state index in [1.165, 1.54) is 5.56 Å². The standard InChI is InChI=1S/C16H19NO/c1-13(14-7-3-2-4-8-14)11-17-16-10-6-5-9-15(16)12-18/h2-10,13,17-18H,11-12H2,1H3. The molecule has 1 unspecified atom stereocenters. The third-order valence-corrected chi connectivity index (χ3v) is 3.16. The van der Waals surface area contributed by atoms with Crippen molar-refractivity contribution in [2.24, 2.45) is 0 Å². The number of rotatable bonds is 5. The monoisotopic (exact) mass is 241 g/mol. The molecule has 0 radical (unpaired) electrons. The molecule has 0 aromatic heterocycles. The smallest absolute Gasteiger partial charge is 0.0701 e. The molecule has 2 heteroatoms. The highest BCUT2D eigenvalue weighted by Crippen LogP contribution is 2.19. The van der Waals surface area contributed by atoms with Crippen molar-refractivity contribution in [1.29, 1.82) is 0 Å². The SMILES string of the molecule is CC(CNc1ccccc1CO)c1ccccc1. The van der Waals surface area contributed by atoms with Crippen molar-refractivity contribution in [3.05, 3.63) is 65.7 Å². The molecular formula is C16H19NO. The van der Waals surface area contributed by atoms with Gasteiger partial charge in [0.1, 0.15) is 0 Å². The zero-order chi connectivity index (χ0) is 12.8. The Morgan fingerprint density at radius 2 is 1.67 bits per heavy atom. The van der Waals surface area contributed by atoms with E-state index in [9.17, 15) is 5.11 Å². The van der Waals surface area contributed by atoms with Gasteiger partial charge in [0, 0.05) is 17.8 Å². The summed E-state index contributed by atoms with van der Waals surface area (Å²) in [4.78, 5) is 0. The summed E-state index contributed by atoms with van der Waals surface area (Å²) in [5, 5.41) is 12.7. The normalized spacial score (nSPS) is 12.1. The lowest BCUT2D eigenvalue weighted by molar-refractivity contribution is 0.282. The van der Waals surface area contributed by atoms with Gasteiger partial charge >= 0.3 is 0 Å². The molecule has 94 valence electrons. The van der Waals surface area contributed by atoms with Gasteiger partial charge < -0.3 is 10.4 Å². The number of hydrogen-bond acceptors (Lipinski definition) is 2. The molecule has 0 saturated carbocycles. The molecule has 1 atom stereocenters. The van der Waals surface area contributed by atoms with Crippen molar-refractivity contribution in [1.82, 2.24) is 0 Å². The summed E-state index contributed by atoms with van der Waals surface area (Å²) in [6.07, 6.45) is 0. The van der Waals surface area contributed by atoms with Crippen LogP contribution in [0, 0.1) is 0 Å². The molecule has 0 amide bonds. The fraction of sp³-hybridized carbons (Fsp3) is 0.250. The molecule has 0 aliphatic heterocycles. The van der Waals surface area contributed by atoms with Crippen LogP contribution in [0.1, 0.15) is 24.0 Å². The van der Waals surface area contributed by atoms with E-state index in [-0.39, 0.29) is 6.61 Å². The number of benzene rings is 2. The zero-order valence-electron chi connectivity index (χ0n) is 10.6. The van der Waals surface area contributed by atoms with Crippen LogP contribution in [-0.2, 0) is 6.61 Å². The van der Waals surface area contributed by atoms with Gasteiger partial charge in [-0.3, -0.25) is 0 Å². The number of nitrogens with one attached hydrogen (secondary N) is 1. The first-order valence-electron chi connectivity index (χ1n) is 6.29. The van der Waals surface area contributed by atoms with Crippen molar-refractivity contribution in [3.8, 4) is 0 Å². The topological polar surface area (TPSA) is 32.3 Å². The number of para-hydroxylation sites is 1. The average Bonchev–Trinajstić information content (AvgIpc) is 2.46. The Labute approximate surface area is 108 Å². The van der Waals surface area contributed by atoms with Crippen LogP contribution in [0.2, 0.25) is 0 Å². The van der Waals surface area contributed by atoms with Crippen LogP contribution in [0.3, 0.4) is 0 Å². The van der Waals surface area contributed by atoms with Crippen molar-refractivity contribution in [2.45, 2.75) is 19.4 Å². The highest BCUT2D eigenvalue weighted by atomic mass is 16.3. The third kappa shape index (κ3) is 3.11. The molecule has 2 aromatic rings. The summed E-state index contributed by atoms with van der Waals surface area (Å²) in [6, 6.07) is 18.3. The van der Waals surface area contributed by atoms with Gasteiger partial charge in [0.25, 0.3) is 0 Å². The molecule has 0 aliphatic rings. The maximum atomic E-state index is 9.26. The maximum absolute atomic E-state index is 9.26. The van der Waals surface area contributed by atoms with Gasteiger partial charge in [-0.05, 0) is 17.5 Å². The van der Waals surface area contributed by atoms with Gasteiger partial charge in [-0.15, -0.1) is 0 Å². The van der Waals surface area contributed by atoms with Crippen molar-refractivity contribution in [3.63, 3.8) is 0 Å². The van der Waals surface area contributed by atoms with Crippen molar-refractivity contribution < 1.29 is 5.11 Å². The Hall–Kier alpha value is -1.80. The summed E-state index contributed by atoms with van der Waals surface area (Å²) >= 11 is 0. The molecule has 0 bridgehead atoms. The summed E-state index contributed by atoms with van der Waals surface area (Å²) in [7, 11) is 0. The van der Waals surface area contributed by atoms with E-state index in [1.807, 2.05) is 30.3 Å². The number of aliphatic hydroxyl groups is 1. The zero-order valence-corrected chi connectivity index (χ0v) is 10.6. The van der Waals surface area contributed by atoms with Gasteiger partial charge in [0.2, 0.25) is 0 Å². The van der Waals surface area contributed by atoms with Gasteiger partial charge in [0.05, 0.1) is 6.61 Å². The first-order valence-corrected chi connectivity index (χ1v) is 6.29. The highest BCUT2D eigenvalue weighted by Gasteiger charge is 2.06. The first kappa shape index (κ1) is 12.7. The lowest BCUT2D eigenvalue weighted by atomic mass is 10.0. The minimum atomic E-state index is 0.0723. The summed E-state index contributed by atoms with van der Waals surface area (Å²) < 4.78 is 0. The molecule has 0 fully saturated rings. The van der Waals surface area contributed by atoms with Crippen molar-refractivity contribution >= 4 is 5.69 Å². The minimum absolute atomic E-state index is 0.0723. The molecule has 2 aromatic carbocycles. The fourth-order valence-electron chi connectivity index (χ4n) is 1.99. The number of anilines is 1. The quantitative estimate of drug-likeness (QED) is 0.841. The Balaban J connectivity index is 1.99. The molecule has 18 heavy (non-hydrogen) atoms. The second-order valence-electron chi connectivity index (χ2n) is 4.51. The summed E-state index contributed by atoms with van der Waals surface area (Å²) in [6.45, 7) is 3.13. The maximum Gasteiger partial charge on any atom is 0.0701 e. The van der Waals surface area contributed by atoms with Crippen LogP contribution >= 0.6 is 0 Å². The van der Waals surface area contributed by atoms with Crippen molar-refractivity contribution in [2.75, 3.05) is 11.9 Å². The van der Waals surface area contributed by atoms with Gasteiger partial charge in [-0.25, -0.2) is 0 Å². The van der Waals surface area contributed by atoms with E-state index in [2.05, 4.69) is 36.5 Å². The van der Waals surface area contributed by atoms with Crippen LogP contribution in [0.15, 0.2) is 54.6 Å². The van der Waals surface area contributed by atoms with Crippen LogP contribution in [0.25, 0.3) is 0 Å². The van der Waals surface area contributed by atoms with E-state index in [4.69, 9.17) is 0 Å². The van der Waals surface area contributed by atoms with E-state index < -0.39 is 0 Å². The van der Waals surface area contributed by atoms with E-state index >= 15 is 0 Å². The molecule has 2 rings (SSSR count). The first-order chi connectivity index (χ1) is 8.81. The lowest BCUT2D eigenvalue weighted by Crippen LogP contribution is -2.11. The molecule has 0 heterocycles.